The van der Waals surface area contributed by atoms with Crippen molar-refractivity contribution in [1.82, 2.24) is 5.16 Å². The molecule has 1 heterocycles. The molecule has 0 aliphatic carbocycles. The fourth-order valence-corrected chi connectivity index (χ4v) is 1.86. The van der Waals surface area contributed by atoms with E-state index in [0.717, 1.165) is 11.6 Å². The highest BCUT2D eigenvalue weighted by molar-refractivity contribution is 6.04. The first-order valence-electron chi connectivity index (χ1n) is 6.21. The summed E-state index contributed by atoms with van der Waals surface area (Å²) in [6.45, 7) is 3.51. The number of amides is 1. The highest BCUT2D eigenvalue weighted by atomic mass is 16.5. The third kappa shape index (κ3) is 3.79. The lowest BCUT2D eigenvalue weighted by atomic mass is 10.1. The third-order valence-corrected chi connectivity index (χ3v) is 2.77. The molecule has 6 nitrogen and oxygen atoms in total. The van der Waals surface area contributed by atoms with E-state index in [0.29, 0.717) is 22.6 Å². The van der Waals surface area contributed by atoms with Crippen molar-refractivity contribution in [3.8, 4) is 0 Å². The number of carbonyl (C=O) groups is 2. The molecular weight excluding hydrogens is 272 g/mol. The Morgan fingerprint density at radius 1 is 1.29 bits per heavy atom. The minimum absolute atomic E-state index is 0.326. The number of hydrogen-bond donors (Lipinski definition) is 2. The van der Waals surface area contributed by atoms with E-state index >= 15 is 0 Å². The summed E-state index contributed by atoms with van der Waals surface area (Å²) in [5.74, 6) is -0.916. The Labute approximate surface area is 121 Å². The Kier molecular flexibility index (Phi) is 4.18. The molecule has 1 aromatic carbocycles. The van der Waals surface area contributed by atoms with Gasteiger partial charge in [0.2, 0.25) is 0 Å². The molecule has 2 aromatic rings. The maximum atomic E-state index is 12.1. The SMILES string of the molecule is Cc1cc(/C=C/C(=O)O)cc(NC(=O)c2cnoc2C)c1. The van der Waals surface area contributed by atoms with Crippen LogP contribution in [0.15, 0.2) is 35.0 Å². The topological polar surface area (TPSA) is 92.4 Å². The number of anilines is 1. The van der Waals surface area contributed by atoms with Crippen LogP contribution in [-0.4, -0.2) is 22.1 Å². The van der Waals surface area contributed by atoms with E-state index in [1.807, 2.05) is 13.0 Å². The first kappa shape index (κ1) is 14.5. The molecule has 0 aliphatic heterocycles. The molecule has 1 aromatic heterocycles. The molecule has 6 heteroatoms. The van der Waals surface area contributed by atoms with Crippen LogP contribution in [0.1, 0.15) is 27.2 Å². The van der Waals surface area contributed by atoms with Gasteiger partial charge in [0.05, 0.1) is 6.20 Å². The van der Waals surface area contributed by atoms with Crippen LogP contribution in [0.4, 0.5) is 5.69 Å². The Morgan fingerprint density at radius 2 is 2.05 bits per heavy atom. The van der Waals surface area contributed by atoms with Crippen molar-refractivity contribution < 1.29 is 19.2 Å². The highest BCUT2D eigenvalue weighted by Crippen LogP contribution is 2.17. The predicted octanol–water partition coefficient (Wildman–Crippen LogP) is 2.64. The lowest BCUT2D eigenvalue weighted by Gasteiger charge is -2.07. The number of benzene rings is 1. The Balaban J connectivity index is 2.22. The van der Waals surface area contributed by atoms with Crippen LogP contribution in [-0.2, 0) is 4.79 Å². The largest absolute Gasteiger partial charge is 0.478 e. The molecule has 0 saturated heterocycles. The van der Waals surface area contributed by atoms with Crippen LogP contribution in [0.2, 0.25) is 0 Å². The monoisotopic (exact) mass is 286 g/mol. The molecule has 0 radical (unpaired) electrons. The molecule has 2 rings (SSSR count). The second-order valence-electron chi connectivity index (χ2n) is 4.55. The number of aryl methyl sites for hydroxylation is 2. The van der Waals surface area contributed by atoms with Crippen molar-refractivity contribution in [1.29, 1.82) is 0 Å². The summed E-state index contributed by atoms with van der Waals surface area (Å²) in [4.78, 5) is 22.6. The van der Waals surface area contributed by atoms with Crippen molar-refractivity contribution in [3.05, 3.63) is 52.9 Å². The van der Waals surface area contributed by atoms with Crippen LogP contribution in [0.3, 0.4) is 0 Å². The van der Waals surface area contributed by atoms with Crippen LogP contribution >= 0.6 is 0 Å². The van der Waals surface area contributed by atoms with Gasteiger partial charge in [0.25, 0.3) is 5.91 Å². The van der Waals surface area contributed by atoms with E-state index < -0.39 is 5.97 Å². The van der Waals surface area contributed by atoms with Gasteiger partial charge in [-0.3, -0.25) is 4.79 Å². The van der Waals surface area contributed by atoms with Gasteiger partial charge in [0.15, 0.2) is 0 Å². The molecule has 0 unspecified atom stereocenters. The van der Waals surface area contributed by atoms with E-state index in [4.69, 9.17) is 9.63 Å². The van der Waals surface area contributed by atoms with Gasteiger partial charge in [-0.25, -0.2) is 4.79 Å². The average Bonchev–Trinajstić information content (AvgIpc) is 2.82. The van der Waals surface area contributed by atoms with Crippen LogP contribution in [0.5, 0.6) is 0 Å². The van der Waals surface area contributed by atoms with Crippen molar-refractivity contribution >= 4 is 23.6 Å². The fourth-order valence-electron chi connectivity index (χ4n) is 1.86. The minimum atomic E-state index is -1.03. The Morgan fingerprint density at radius 3 is 2.67 bits per heavy atom. The second-order valence-corrected chi connectivity index (χ2v) is 4.55. The van der Waals surface area contributed by atoms with E-state index in [9.17, 15) is 9.59 Å². The minimum Gasteiger partial charge on any atom is -0.478 e. The van der Waals surface area contributed by atoms with E-state index in [1.54, 1.807) is 19.1 Å². The summed E-state index contributed by atoms with van der Waals surface area (Å²) < 4.78 is 4.85. The third-order valence-electron chi connectivity index (χ3n) is 2.77. The quantitative estimate of drug-likeness (QED) is 0.843. The van der Waals surface area contributed by atoms with Gasteiger partial charge in [-0.1, -0.05) is 11.2 Å². The number of carbonyl (C=O) groups excluding carboxylic acids is 1. The van der Waals surface area contributed by atoms with Gasteiger partial charge < -0.3 is 14.9 Å². The van der Waals surface area contributed by atoms with Crippen molar-refractivity contribution in [2.75, 3.05) is 5.32 Å². The van der Waals surface area contributed by atoms with Gasteiger partial charge in [-0.2, -0.15) is 0 Å². The van der Waals surface area contributed by atoms with Crippen molar-refractivity contribution in [2.24, 2.45) is 0 Å². The average molecular weight is 286 g/mol. The van der Waals surface area contributed by atoms with Gasteiger partial charge >= 0.3 is 5.97 Å². The number of rotatable bonds is 4. The normalized spacial score (nSPS) is 10.8. The molecule has 1 amide bonds. The molecule has 0 fully saturated rings. The van der Waals surface area contributed by atoms with Gasteiger partial charge in [-0.15, -0.1) is 0 Å². The summed E-state index contributed by atoms with van der Waals surface area (Å²) in [5.41, 5.74) is 2.53. The number of aliphatic carboxylic acids is 1. The number of carboxylic acid groups (broad SMARTS) is 1. The standard InChI is InChI=1S/C15H14N2O4/c1-9-5-11(3-4-14(18)19)7-12(6-9)17-15(20)13-8-16-21-10(13)2/h3-8H,1-2H3,(H,17,20)(H,18,19)/b4-3+. The zero-order chi connectivity index (χ0) is 15.4. The Hall–Kier alpha value is -2.89. The first-order valence-corrected chi connectivity index (χ1v) is 6.21. The predicted molar refractivity (Wildman–Crippen MR) is 77.0 cm³/mol. The summed E-state index contributed by atoms with van der Waals surface area (Å²) >= 11 is 0. The summed E-state index contributed by atoms with van der Waals surface area (Å²) in [5, 5.41) is 14.9. The van der Waals surface area contributed by atoms with Gasteiger partial charge in [0, 0.05) is 11.8 Å². The summed E-state index contributed by atoms with van der Waals surface area (Å²) in [6.07, 6.45) is 3.87. The van der Waals surface area contributed by atoms with Gasteiger partial charge in [-0.05, 0) is 43.2 Å². The molecular formula is C15H14N2O4. The van der Waals surface area contributed by atoms with E-state index in [2.05, 4.69) is 10.5 Å². The number of nitrogens with zero attached hydrogens (tertiary/aromatic N) is 1. The molecule has 2 N–H and O–H groups in total. The molecule has 21 heavy (non-hydrogen) atoms. The van der Waals surface area contributed by atoms with Crippen LogP contribution in [0.25, 0.3) is 6.08 Å². The summed E-state index contributed by atoms with van der Waals surface area (Å²) in [7, 11) is 0. The maximum absolute atomic E-state index is 12.1. The first-order chi connectivity index (χ1) is 9.95. The fraction of sp³-hybridized carbons (Fsp3) is 0.133. The molecule has 0 spiro atoms. The van der Waals surface area contributed by atoms with Crippen LogP contribution in [0, 0.1) is 13.8 Å². The molecule has 0 atom stereocenters. The number of aromatic nitrogens is 1. The smallest absolute Gasteiger partial charge is 0.328 e. The van der Waals surface area contributed by atoms with E-state index in [1.165, 1.54) is 12.3 Å². The van der Waals surface area contributed by atoms with E-state index in [-0.39, 0.29) is 5.91 Å². The molecule has 0 aliphatic rings. The molecule has 0 saturated carbocycles. The zero-order valence-corrected chi connectivity index (χ0v) is 11.6. The van der Waals surface area contributed by atoms with Gasteiger partial charge in [0.1, 0.15) is 11.3 Å². The van der Waals surface area contributed by atoms with Crippen molar-refractivity contribution in [3.63, 3.8) is 0 Å². The van der Waals surface area contributed by atoms with Crippen molar-refractivity contribution in [2.45, 2.75) is 13.8 Å². The second kappa shape index (κ2) is 6.04. The number of nitrogens with one attached hydrogen (secondary N) is 1. The number of hydrogen-bond acceptors (Lipinski definition) is 4. The Bertz CT molecular complexity index is 716. The lowest BCUT2D eigenvalue weighted by molar-refractivity contribution is -0.131. The maximum Gasteiger partial charge on any atom is 0.328 e. The summed E-state index contributed by atoms with van der Waals surface area (Å²) in [6, 6.07) is 5.30. The molecule has 108 valence electrons. The highest BCUT2D eigenvalue weighted by Gasteiger charge is 2.13. The molecule has 0 bridgehead atoms. The number of carboxylic acids is 1. The van der Waals surface area contributed by atoms with Crippen LogP contribution < -0.4 is 5.32 Å². The lowest BCUT2D eigenvalue weighted by Crippen LogP contribution is -2.12. The zero-order valence-electron chi connectivity index (χ0n) is 11.6.